The highest BCUT2D eigenvalue weighted by Gasteiger charge is 2.05. The molecule has 0 aliphatic carbocycles. The second-order valence-electron chi connectivity index (χ2n) is 3.16. The molecule has 0 saturated heterocycles. The predicted molar refractivity (Wildman–Crippen MR) is 61.4 cm³/mol. The van der Waals surface area contributed by atoms with Gasteiger partial charge in [0.2, 0.25) is 5.91 Å². The van der Waals surface area contributed by atoms with Crippen LogP contribution in [0.25, 0.3) is 0 Å². The van der Waals surface area contributed by atoms with Gasteiger partial charge in [0.05, 0.1) is 12.3 Å². The Labute approximate surface area is 94.3 Å². The molecule has 16 heavy (non-hydrogen) atoms. The molecule has 0 radical (unpaired) electrons. The van der Waals surface area contributed by atoms with Crippen LogP contribution < -0.4 is 16.2 Å². The number of hydrogen-bond donors (Lipinski definition) is 2. The lowest BCUT2D eigenvalue weighted by Crippen LogP contribution is -2.12. The van der Waals surface area contributed by atoms with Gasteiger partial charge in [0.15, 0.2) is 0 Å². The van der Waals surface area contributed by atoms with E-state index in [9.17, 15) is 4.79 Å². The topological polar surface area (TPSA) is 87.6 Å². The van der Waals surface area contributed by atoms with Crippen LogP contribution in [0.3, 0.4) is 0 Å². The van der Waals surface area contributed by atoms with E-state index in [1.54, 1.807) is 12.1 Å². The quantitative estimate of drug-likeness (QED) is 0.552. The second-order valence-corrected chi connectivity index (χ2v) is 3.16. The van der Waals surface area contributed by atoms with E-state index >= 15 is 0 Å². The first kappa shape index (κ1) is 12.3. The Morgan fingerprint density at radius 3 is 2.75 bits per heavy atom. The maximum absolute atomic E-state index is 10.9. The third-order valence-electron chi connectivity index (χ3n) is 1.99. The summed E-state index contributed by atoms with van der Waals surface area (Å²) in [5, 5.41) is 0. The predicted octanol–water partition coefficient (Wildman–Crippen LogP) is 0.783. The van der Waals surface area contributed by atoms with Crippen molar-refractivity contribution in [3.8, 4) is 5.75 Å². The summed E-state index contributed by atoms with van der Waals surface area (Å²) in [5.74, 6) is -0.0503. The maximum Gasteiger partial charge on any atom is 0.248 e. The minimum atomic E-state index is -0.505. The Bertz CT molecular complexity index is 366. The lowest BCUT2D eigenvalue weighted by atomic mass is 10.2. The van der Waals surface area contributed by atoms with Crippen molar-refractivity contribution in [1.29, 1.82) is 0 Å². The van der Waals surface area contributed by atoms with Crippen LogP contribution in [0.2, 0.25) is 0 Å². The number of hydrogen-bond acceptors (Lipinski definition) is 4. The Morgan fingerprint density at radius 2 is 2.12 bits per heavy atom. The summed E-state index contributed by atoms with van der Waals surface area (Å²) in [7, 11) is 0. The van der Waals surface area contributed by atoms with E-state index in [2.05, 4.69) is 0 Å². The first-order chi connectivity index (χ1) is 7.65. The summed E-state index contributed by atoms with van der Waals surface area (Å²) < 4.78 is 10.5. The highest BCUT2D eigenvalue weighted by molar-refractivity contribution is 5.93. The van der Waals surface area contributed by atoms with Gasteiger partial charge in [-0.1, -0.05) is 0 Å². The molecule has 5 nitrogen and oxygen atoms in total. The van der Waals surface area contributed by atoms with Crippen LogP contribution in [0.1, 0.15) is 17.3 Å². The molecular formula is C11H16N2O3. The third-order valence-corrected chi connectivity index (χ3v) is 1.99. The summed E-state index contributed by atoms with van der Waals surface area (Å²) in [5.41, 5.74) is 11.7. The van der Waals surface area contributed by atoms with Crippen LogP contribution in [-0.2, 0) is 4.74 Å². The van der Waals surface area contributed by atoms with Crippen LogP contribution in [0.15, 0.2) is 18.2 Å². The Kier molecular flexibility index (Phi) is 4.60. The van der Waals surface area contributed by atoms with Crippen molar-refractivity contribution in [2.75, 3.05) is 25.6 Å². The van der Waals surface area contributed by atoms with Crippen LogP contribution in [0, 0.1) is 0 Å². The fourth-order valence-corrected chi connectivity index (χ4v) is 1.17. The van der Waals surface area contributed by atoms with E-state index in [0.29, 0.717) is 36.8 Å². The lowest BCUT2D eigenvalue weighted by molar-refractivity contribution is 0.0998. The van der Waals surface area contributed by atoms with Gasteiger partial charge in [-0.25, -0.2) is 0 Å². The zero-order valence-corrected chi connectivity index (χ0v) is 9.23. The number of amides is 1. The molecule has 0 atom stereocenters. The Hall–Kier alpha value is -1.75. The number of ether oxygens (including phenoxy) is 2. The fourth-order valence-electron chi connectivity index (χ4n) is 1.17. The van der Waals surface area contributed by atoms with Gasteiger partial charge in [-0.05, 0) is 25.1 Å². The van der Waals surface area contributed by atoms with Crippen LogP contribution in [0.4, 0.5) is 5.69 Å². The monoisotopic (exact) mass is 224 g/mol. The molecule has 0 saturated carbocycles. The van der Waals surface area contributed by atoms with E-state index in [-0.39, 0.29) is 0 Å². The third kappa shape index (κ3) is 3.43. The first-order valence-electron chi connectivity index (χ1n) is 5.05. The smallest absolute Gasteiger partial charge is 0.248 e. The molecule has 0 spiro atoms. The van der Waals surface area contributed by atoms with Gasteiger partial charge in [0.1, 0.15) is 12.4 Å². The van der Waals surface area contributed by atoms with Crippen molar-refractivity contribution in [3.63, 3.8) is 0 Å². The summed E-state index contributed by atoms with van der Waals surface area (Å²) in [4.78, 5) is 10.9. The van der Waals surface area contributed by atoms with Crippen LogP contribution in [0.5, 0.6) is 5.75 Å². The van der Waals surface area contributed by atoms with Crippen molar-refractivity contribution in [1.82, 2.24) is 0 Å². The van der Waals surface area contributed by atoms with Crippen molar-refractivity contribution in [3.05, 3.63) is 23.8 Å². The molecule has 0 aromatic heterocycles. The highest BCUT2D eigenvalue weighted by Crippen LogP contribution is 2.22. The molecule has 4 N–H and O–H groups in total. The maximum atomic E-state index is 10.9. The molecule has 0 aliphatic rings. The second kappa shape index (κ2) is 5.97. The number of nitrogen functional groups attached to an aromatic ring is 1. The molecular weight excluding hydrogens is 208 g/mol. The molecule has 0 heterocycles. The van der Waals surface area contributed by atoms with E-state index in [0.717, 1.165) is 0 Å². The fraction of sp³-hybridized carbons (Fsp3) is 0.364. The van der Waals surface area contributed by atoms with E-state index in [1.165, 1.54) is 6.07 Å². The van der Waals surface area contributed by atoms with E-state index in [1.807, 2.05) is 6.92 Å². The van der Waals surface area contributed by atoms with E-state index in [4.69, 9.17) is 20.9 Å². The molecule has 1 rings (SSSR count). The molecule has 1 aromatic carbocycles. The average Bonchev–Trinajstić information content (AvgIpc) is 2.26. The zero-order valence-electron chi connectivity index (χ0n) is 9.23. The number of carbonyl (C=O) groups excluding carboxylic acids is 1. The highest BCUT2D eigenvalue weighted by atomic mass is 16.5. The molecule has 0 aliphatic heterocycles. The number of nitrogens with two attached hydrogens (primary N) is 2. The summed E-state index contributed by atoms with van der Waals surface area (Å²) >= 11 is 0. The summed E-state index contributed by atoms with van der Waals surface area (Å²) in [6, 6.07) is 4.69. The largest absolute Gasteiger partial charge is 0.489 e. The van der Waals surface area contributed by atoms with Gasteiger partial charge in [-0.15, -0.1) is 0 Å². The average molecular weight is 224 g/mol. The normalized spacial score (nSPS) is 10.1. The van der Waals surface area contributed by atoms with Crippen molar-refractivity contribution >= 4 is 11.6 Å². The molecule has 1 aromatic rings. The van der Waals surface area contributed by atoms with Crippen molar-refractivity contribution < 1.29 is 14.3 Å². The number of primary amides is 1. The SMILES string of the molecule is CCOCCOc1cc(C(N)=O)ccc1N. The van der Waals surface area contributed by atoms with Crippen molar-refractivity contribution in [2.24, 2.45) is 5.73 Å². The standard InChI is InChI=1S/C11H16N2O3/c1-2-15-5-6-16-10-7-8(11(13)14)3-4-9(10)12/h3-4,7H,2,5-6,12H2,1H3,(H2,13,14). The van der Waals surface area contributed by atoms with Crippen LogP contribution in [-0.4, -0.2) is 25.7 Å². The molecule has 0 bridgehead atoms. The molecule has 5 heteroatoms. The van der Waals surface area contributed by atoms with Crippen molar-refractivity contribution in [2.45, 2.75) is 6.92 Å². The number of carbonyl (C=O) groups is 1. The minimum Gasteiger partial charge on any atom is -0.489 e. The first-order valence-corrected chi connectivity index (χ1v) is 5.05. The van der Waals surface area contributed by atoms with Gasteiger partial charge in [-0.2, -0.15) is 0 Å². The number of anilines is 1. The number of rotatable bonds is 6. The van der Waals surface area contributed by atoms with Gasteiger partial charge in [0, 0.05) is 12.2 Å². The van der Waals surface area contributed by atoms with E-state index < -0.39 is 5.91 Å². The zero-order chi connectivity index (χ0) is 12.0. The Balaban J connectivity index is 2.63. The molecule has 0 unspecified atom stereocenters. The molecule has 1 amide bonds. The lowest BCUT2D eigenvalue weighted by Gasteiger charge is -2.09. The molecule has 88 valence electrons. The van der Waals surface area contributed by atoms with Crippen LogP contribution >= 0.6 is 0 Å². The summed E-state index contributed by atoms with van der Waals surface area (Å²) in [6.07, 6.45) is 0. The summed E-state index contributed by atoms with van der Waals surface area (Å²) in [6.45, 7) is 3.42. The van der Waals surface area contributed by atoms with Gasteiger partial charge in [0.25, 0.3) is 0 Å². The Morgan fingerprint density at radius 1 is 1.38 bits per heavy atom. The molecule has 0 fully saturated rings. The van der Waals surface area contributed by atoms with Gasteiger partial charge >= 0.3 is 0 Å². The van der Waals surface area contributed by atoms with Gasteiger partial charge < -0.3 is 20.9 Å². The van der Waals surface area contributed by atoms with Gasteiger partial charge in [-0.3, -0.25) is 4.79 Å². The minimum absolute atomic E-state index is 0.376. The number of benzene rings is 1.